The summed E-state index contributed by atoms with van der Waals surface area (Å²) in [6, 6.07) is 3.69. The van der Waals surface area contributed by atoms with Crippen molar-refractivity contribution in [2.45, 2.75) is 39.0 Å². The van der Waals surface area contributed by atoms with Crippen LogP contribution >= 0.6 is 11.3 Å². The molecule has 1 N–H and O–H groups in total. The highest BCUT2D eigenvalue weighted by atomic mass is 32.1. The predicted octanol–water partition coefficient (Wildman–Crippen LogP) is 3.72. The van der Waals surface area contributed by atoms with Crippen LogP contribution in [-0.2, 0) is 16.6 Å². The van der Waals surface area contributed by atoms with Gasteiger partial charge in [-0.1, -0.05) is 20.8 Å². The Hall–Kier alpha value is -1.62. The van der Waals surface area contributed by atoms with E-state index in [9.17, 15) is 4.79 Å². The lowest BCUT2D eigenvalue weighted by Crippen LogP contribution is -2.14. The molecule has 0 spiro atoms. The summed E-state index contributed by atoms with van der Waals surface area (Å²) in [6.45, 7) is 6.24. The monoisotopic (exact) mass is 279 g/mol. The minimum Gasteiger partial charge on any atom is -0.481 e. The number of aliphatic carboxylic acids is 1. The summed E-state index contributed by atoms with van der Waals surface area (Å²) in [7, 11) is 0. The highest BCUT2D eigenvalue weighted by molar-refractivity contribution is 7.15. The van der Waals surface area contributed by atoms with Gasteiger partial charge in [-0.2, -0.15) is 0 Å². The number of furan rings is 1. The fourth-order valence-electron chi connectivity index (χ4n) is 1.83. The Labute approximate surface area is 116 Å². The highest BCUT2D eigenvalue weighted by Gasteiger charge is 2.24. The van der Waals surface area contributed by atoms with Crippen LogP contribution in [0.1, 0.15) is 37.8 Å². The van der Waals surface area contributed by atoms with Gasteiger partial charge in [0.2, 0.25) is 0 Å². The Morgan fingerprint density at radius 1 is 1.47 bits per heavy atom. The molecule has 2 aromatic heterocycles. The van der Waals surface area contributed by atoms with Crippen LogP contribution < -0.4 is 0 Å². The van der Waals surface area contributed by atoms with Gasteiger partial charge in [0.15, 0.2) is 10.8 Å². The minimum absolute atomic E-state index is 0.102. The average molecular weight is 279 g/mol. The number of thiazole rings is 1. The maximum atomic E-state index is 10.7. The van der Waals surface area contributed by atoms with E-state index in [1.165, 1.54) is 11.3 Å². The molecule has 19 heavy (non-hydrogen) atoms. The van der Waals surface area contributed by atoms with Crippen LogP contribution in [0.25, 0.3) is 10.8 Å². The van der Waals surface area contributed by atoms with Crippen LogP contribution in [0.15, 0.2) is 22.8 Å². The van der Waals surface area contributed by atoms with Crippen molar-refractivity contribution in [3.05, 3.63) is 29.0 Å². The zero-order valence-electron chi connectivity index (χ0n) is 11.3. The zero-order chi connectivity index (χ0) is 14.0. The van der Waals surface area contributed by atoms with E-state index >= 15 is 0 Å². The molecule has 0 unspecified atom stereocenters. The van der Waals surface area contributed by atoms with E-state index in [1.54, 1.807) is 6.26 Å². The largest absolute Gasteiger partial charge is 0.481 e. The van der Waals surface area contributed by atoms with Crippen LogP contribution in [0.5, 0.6) is 0 Å². The molecule has 0 saturated carbocycles. The highest BCUT2D eigenvalue weighted by Crippen LogP contribution is 2.35. The van der Waals surface area contributed by atoms with E-state index in [-0.39, 0.29) is 11.8 Å². The Morgan fingerprint density at radius 2 is 2.21 bits per heavy atom. The van der Waals surface area contributed by atoms with Gasteiger partial charge in [0.25, 0.3) is 0 Å². The van der Waals surface area contributed by atoms with Crippen molar-refractivity contribution in [3.8, 4) is 10.8 Å². The fraction of sp³-hybridized carbons (Fsp3) is 0.429. The molecule has 2 aromatic rings. The third-order valence-electron chi connectivity index (χ3n) is 2.71. The Kier molecular flexibility index (Phi) is 3.75. The molecule has 0 fully saturated rings. The summed E-state index contributed by atoms with van der Waals surface area (Å²) in [5, 5.41) is 9.64. The first-order valence-corrected chi connectivity index (χ1v) is 6.95. The van der Waals surface area contributed by atoms with E-state index in [0.29, 0.717) is 6.42 Å². The summed E-state index contributed by atoms with van der Waals surface area (Å²) in [5.41, 5.74) is 0.861. The predicted molar refractivity (Wildman–Crippen MR) is 74.5 cm³/mol. The van der Waals surface area contributed by atoms with Crippen molar-refractivity contribution in [1.29, 1.82) is 0 Å². The van der Waals surface area contributed by atoms with E-state index in [0.717, 1.165) is 21.3 Å². The maximum Gasteiger partial charge on any atom is 0.303 e. The molecule has 5 heteroatoms. The number of hydrogen-bond acceptors (Lipinski definition) is 4. The standard InChI is InChI=1S/C14H17NO3S/c1-14(2,3)12-10(6-7-11(16)17)19-13(15-12)9-5-4-8-18-9/h4-5,8H,6-7H2,1-3H3,(H,16,17). The molecule has 0 saturated heterocycles. The number of hydrogen-bond donors (Lipinski definition) is 1. The second-order valence-electron chi connectivity index (χ2n) is 5.41. The number of carboxylic acids is 1. The average Bonchev–Trinajstić information content (AvgIpc) is 2.94. The molecule has 0 aliphatic heterocycles. The van der Waals surface area contributed by atoms with Crippen molar-refractivity contribution in [2.75, 3.05) is 0 Å². The zero-order valence-corrected chi connectivity index (χ0v) is 12.1. The summed E-state index contributed by atoms with van der Waals surface area (Å²) in [4.78, 5) is 16.4. The molecule has 2 rings (SSSR count). The van der Waals surface area contributed by atoms with E-state index in [1.807, 2.05) is 12.1 Å². The first kappa shape index (κ1) is 13.8. The molecular weight excluding hydrogens is 262 g/mol. The van der Waals surface area contributed by atoms with Gasteiger partial charge >= 0.3 is 5.97 Å². The molecule has 0 bridgehead atoms. The Morgan fingerprint density at radius 3 is 2.74 bits per heavy atom. The number of rotatable bonds is 4. The SMILES string of the molecule is CC(C)(C)c1nc(-c2ccco2)sc1CCC(=O)O. The second-order valence-corrected chi connectivity index (χ2v) is 6.50. The summed E-state index contributed by atoms with van der Waals surface area (Å²) in [5.74, 6) is -0.0510. The van der Waals surface area contributed by atoms with Crippen LogP contribution in [0, 0.1) is 0 Å². The summed E-state index contributed by atoms with van der Waals surface area (Å²) >= 11 is 1.52. The lowest BCUT2D eigenvalue weighted by atomic mass is 9.90. The number of carboxylic acid groups (broad SMARTS) is 1. The Bertz CT molecular complexity index is 564. The van der Waals surface area contributed by atoms with Crippen molar-refractivity contribution in [3.63, 3.8) is 0 Å². The van der Waals surface area contributed by atoms with Gasteiger partial charge < -0.3 is 9.52 Å². The second kappa shape index (κ2) is 5.17. The smallest absolute Gasteiger partial charge is 0.303 e. The lowest BCUT2D eigenvalue weighted by molar-refractivity contribution is -0.136. The molecule has 102 valence electrons. The molecule has 0 radical (unpaired) electrons. The molecule has 0 amide bonds. The van der Waals surface area contributed by atoms with Crippen molar-refractivity contribution in [2.24, 2.45) is 0 Å². The first-order chi connectivity index (χ1) is 8.88. The van der Waals surface area contributed by atoms with Crippen molar-refractivity contribution >= 4 is 17.3 Å². The fourth-order valence-corrected chi connectivity index (χ4v) is 3.07. The number of carbonyl (C=O) groups is 1. The first-order valence-electron chi connectivity index (χ1n) is 6.14. The molecular formula is C14H17NO3S. The van der Waals surface area contributed by atoms with E-state index in [2.05, 4.69) is 25.8 Å². The van der Waals surface area contributed by atoms with Gasteiger partial charge in [0.1, 0.15) is 0 Å². The molecule has 2 heterocycles. The van der Waals surface area contributed by atoms with Gasteiger partial charge in [0.05, 0.1) is 18.4 Å². The van der Waals surface area contributed by atoms with Crippen molar-refractivity contribution in [1.82, 2.24) is 4.98 Å². The van der Waals surface area contributed by atoms with Gasteiger partial charge in [-0.05, 0) is 18.6 Å². The molecule has 0 aliphatic carbocycles. The third-order valence-corrected chi connectivity index (χ3v) is 3.84. The minimum atomic E-state index is -0.784. The maximum absolute atomic E-state index is 10.7. The molecule has 4 nitrogen and oxygen atoms in total. The quantitative estimate of drug-likeness (QED) is 0.926. The normalized spacial score (nSPS) is 11.7. The molecule has 0 atom stereocenters. The summed E-state index contributed by atoms with van der Waals surface area (Å²) in [6.07, 6.45) is 2.26. The third kappa shape index (κ3) is 3.23. The van der Waals surface area contributed by atoms with Gasteiger partial charge in [-0.15, -0.1) is 11.3 Å². The van der Waals surface area contributed by atoms with E-state index < -0.39 is 5.97 Å². The van der Waals surface area contributed by atoms with Crippen LogP contribution in [0.3, 0.4) is 0 Å². The number of aromatic nitrogens is 1. The summed E-state index contributed by atoms with van der Waals surface area (Å²) < 4.78 is 5.36. The van der Waals surface area contributed by atoms with Gasteiger partial charge in [-0.3, -0.25) is 4.79 Å². The number of aryl methyl sites for hydroxylation is 1. The lowest BCUT2D eigenvalue weighted by Gasteiger charge is -2.17. The number of nitrogens with zero attached hydrogens (tertiary/aromatic N) is 1. The molecule has 0 aliphatic rings. The van der Waals surface area contributed by atoms with Gasteiger partial charge in [0, 0.05) is 10.3 Å². The van der Waals surface area contributed by atoms with Gasteiger partial charge in [-0.25, -0.2) is 4.98 Å². The van der Waals surface area contributed by atoms with Crippen LogP contribution in [0.4, 0.5) is 0 Å². The van der Waals surface area contributed by atoms with Crippen LogP contribution in [0.2, 0.25) is 0 Å². The topological polar surface area (TPSA) is 63.3 Å². The van der Waals surface area contributed by atoms with E-state index in [4.69, 9.17) is 9.52 Å². The molecule has 0 aromatic carbocycles. The Balaban J connectivity index is 2.37. The van der Waals surface area contributed by atoms with Crippen molar-refractivity contribution < 1.29 is 14.3 Å². The van der Waals surface area contributed by atoms with Crippen LogP contribution in [-0.4, -0.2) is 16.1 Å².